The average Bonchev–Trinajstić information content (AvgIpc) is 2.80. The number of aliphatic carboxylic acids is 1. The summed E-state index contributed by atoms with van der Waals surface area (Å²) in [7, 11) is 0. The van der Waals surface area contributed by atoms with Gasteiger partial charge in [-0.05, 0) is 42.6 Å². The zero-order chi connectivity index (χ0) is 23.5. The molecule has 2 unspecified atom stereocenters. The summed E-state index contributed by atoms with van der Waals surface area (Å²) in [4.78, 5) is 26.2. The summed E-state index contributed by atoms with van der Waals surface area (Å²) in [5.74, 6) is -1.13. The first-order chi connectivity index (χ1) is 15.1. The van der Waals surface area contributed by atoms with E-state index in [2.05, 4.69) is 26.1 Å². The molecule has 0 aromatic heterocycles. The predicted octanol–water partition coefficient (Wildman–Crippen LogP) is 4.93. The molecule has 1 aliphatic rings. The molecular weight excluding hydrogens is 451 g/mol. The molecule has 1 aliphatic heterocycles. The number of hydrogen-bond acceptors (Lipinski definition) is 4. The van der Waals surface area contributed by atoms with Gasteiger partial charge < -0.3 is 20.1 Å². The van der Waals surface area contributed by atoms with E-state index >= 15 is 0 Å². The van der Waals surface area contributed by atoms with Crippen LogP contribution in [0, 0.1) is 5.41 Å². The van der Waals surface area contributed by atoms with Crippen molar-refractivity contribution in [3.8, 4) is 0 Å². The molecule has 172 valence electrons. The number of fused-ring (bicyclic) bond motifs is 1. The highest BCUT2D eigenvalue weighted by Crippen LogP contribution is 2.42. The first kappa shape index (κ1) is 24.5. The molecule has 0 radical (unpaired) electrons. The highest BCUT2D eigenvalue weighted by molar-refractivity contribution is 6.31. The lowest BCUT2D eigenvalue weighted by atomic mass is 9.94. The summed E-state index contributed by atoms with van der Waals surface area (Å²) in [6.45, 7) is 6.82. The quantitative estimate of drug-likeness (QED) is 0.551. The van der Waals surface area contributed by atoms with Gasteiger partial charge in [-0.15, -0.1) is 0 Å². The number of amides is 1. The van der Waals surface area contributed by atoms with E-state index in [1.54, 1.807) is 17.0 Å². The Morgan fingerprint density at radius 2 is 1.88 bits per heavy atom. The second kappa shape index (κ2) is 10.2. The lowest BCUT2D eigenvalue weighted by Gasteiger charge is -2.31. The van der Waals surface area contributed by atoms with Crippen molar-refractivity contribution < 1.29 is 19.4 Å². The lowest BCUT2D eigenvalue weighted by Crippen LogP contribution is -2.44. The summed E-state index contributed by atoms with van der Waals surface area (Å²) < 4.78 is 6.40. The van der Waals surface area contributed by atoms with Crippen LogP contribution in [-0.2, 0) is 14.3 Å². The Labute approximate surface area is 198 Å². The minimum atomic E-state index is -0.955. The van der Waals surface area contributed by atoms with Gasteiger partial charge in [0.1, 0.15) is 12.2 Å². The third-order valence-electron chi connectivity index (χ3n) is 5.08. The largest absolute Gasteiger partial charge is 0.480 e. The van der Waals surface area contributed by atoms with E-state index < -0.39 is 18.2 Å². The molecule has 0 saturated carbocycles. The maximum Gasteiger partial charge on any atom is 0.317 e. The van der Waals surface area contributed by atoms with E-state index in [4.69, 9.17) is 33.0 Å². The van der Waals surface area contributed by atoms with E-state index in [1.165, 1.54) is 0 Å². The maximum atomic E-state index is 13.7. The van der Waals surface area contributed by atoms with Gasteiger partial charge in [-0.25, -0.2) is 0 Å². The Bertz CT molecular complexity index is 990. The number of rotatable bonds is 7. The summed E-state index contributed by atoms with van der Waals surface area (Å²) in [6, 6.07) is 12.8. The number of hydrogen-bond donors (Lipinski definition) is 2. The molecule has 0 spiro atoms. The minimum absolute atomic E-state index is 0.164. The molecule has 2 aromatic carbocycles. The van der Waals surface area contributed by atoms with Crippen molar-refractivity contribution in [2.75, 3.05) is 24.5 Å². The Balaban J connectivity index is 2.07. The zero-order valence-electron chi connectivity index (χ0n) is 18.4. The molecule has 2 atom stereocenters. The summed E-state index contributed by atoms with van der Waals surface area (Å²) in [5, 5.41) is 12.8. The fourth-order valence-corrected chi connectivity index (χ4v) is 4.17. The van der Waals surface area contributed by atoms with Gasteiger partial charge >= 0.3 is 5.97 Å². The fraction of sp³-hybridized carbons (Fsp3) is 0.417. The molecule has 0 fully saturated rings. The molecule has 0 saturated heterocycles. The van der Waals surface area contributed by atoms with Crippen LogP contribution in [-0.4, -0.2) is 42.7 Å². The van der Waals surface area contributed by atoms with Gasteiger partial charge in [0.2, 0.25) is 0 Å². The third kappa shape index (κ3) is 6.01. The number of ether oxygens (including phenoxy) is 1. The van der Waals surface area contributed by atoms with Crippen molar-refractivity contribution in [2.24, 2.45) is 5.41 Å². The Kier molecular flexibility index (Phi) is 7.83. The molecule has 3 rings (SSSR count). The van der Waals surface area contributed by atoms with Crippen molar-refractivity contribution in [3.05, 3.63) is 63.6 Å². The third-order valence-corrected chi connectivity index (χ3v) is 5.66. The van der Waals surface area contributed by atoms with Gasteiger partial charge in [0.25, 0.3) is 5.91 Å². The van der Waals surface area contributed by atoms with Crippen LogP contribution >= 0.6 is 23.2 Å². The Morgan fingerprint density at radius 1 is 1.16 bits per heavy atom. The number of nitrogens with one attached hydrogen (secondary N) is 1. The van der Waals surface area contributed by atoms with Gasteiger partial charge in [-0.1, -0.05) is 62.2 Å². The van der Waals surface area contributed by atoms with Crippen LogP contribution in [0.15, 0.2) is 42.5 Å². The minimum Gasteiger partial charge on any atom is -0.480 e. The lowest BCUT2D eigenvalue weighted by molar-refractivity contribution is -0.136. The second-order valence-electron chi connectivity index (χ2n) is 9.07. The van der Waals surface area contributed by atoms with Crippen LogP contribution in [0.3, 0.4) is 0 Å². The molecule has 1 heterocycles. The molecular formula is C24H28Cl2N2O4. The van der Waals surface area contributed by atoms with Crippen molar-refractivity contribution in [2.45, 2.75) is 39.4 Å². The van der Waals surface area contributed by atoms with Gasteiger partial charge in [0.05, 0.1) is 6.54 Å². The Morgan fingerprint density at radius 3 is 2.53 bits per heavy atom. The number of anilines is 1. The predicted molar refractivity (Wildman–Crippen MR) is 127 cm³/mol. The number of carbonyl (C=O) groups is 2. The van der Waals surface area contributed by atoms with E-state index in [0.29, 0.717) is 29.6 Å². The molecule has 0 aliphatic carbocycles. The van der Waals surface area contributed by atoms with Gasteiger partial charge in [-0.3, -0.25) is 9.59 Å². The number of halogens is 2. The number of benzene rings is 2. The van der Waals surface area contributed by atoms with E-state index in [9.17, 15) is 9.59 Å². The molecule has 32 heavy (non-hydrogen) atoms. The average molecular weight is 479 g/mol. The van der Waals surface area contributed by atoms with Gasteiger partial charge in [0, 0.05) is 33.4 Å². The monoisotopic (exact) mass is 478 g/mol. The van der Waals surface area contributed by atoms with Crippen molar-refractivity contribution in [1.82, 2.24) is 5.32 Å². The van der Waals surface area contributed by atoms with Crippen LogP contribution in [0.2, 0.25) is 10.0 Å². The molecule has 1 amide bonds. The normalized spacial score (nSPS) is 18.9. The number of carboxylic acids is 1. The van der Waals surface area contributed by atoms with Crippen molar-refractivity contribution >= 4 is 40.8 Å². The summed E-state index contributed by atoms with van der Waals surface area (Å²) >= 11 is 12.9. The number of nitrogens with zero attached hydrogens (tertiary/aromatic N) is 1. The summed E-state index contributed by atoms with van der Waals surface area (Å²) in [6.07, 6.45) is -1.07. The van der Waals surface area contributed by atoms with Crippen LogP contribution in [0.1, 0.15) is 44.4 Å². The molecule has 0 bridgehead atoms. The van der Waals surface area contributed by atoms with Crippen LogP contribution in [0.5, 0.6) is 0 Å². The van der Waals surface area contributed by atoms with Gasteiger partial charge in [-0.2, -0.15) is 0 Å². The fourth-order valence-electron chi connectivity index (χ4n) is 3.76. The number of carboxylic acid groups (broad SMARTS) is 1. The van der Waals surface area contributed by atoms with Crippen LogP contribution in [0.4, 0.5) is 5.69 Å². The SMILES string of the molecule is CC(C)(C)CN1C(=O)C(CCNCC(=O)O)OC(c2ccccc2Cl)c2cc(Cl)ccc21. The second-order valence-corrected chi connectivity index (χ2v) is 9.92. The summed E-state index contributed by atoms with van der Waals surface area (Å²) in [5.41, 5.74) is 2.08. The first-order valence-electron chi connectivity index (χ1n) is 10.5. The first-order valence-corrected chi connectivity index (χ1v) is 11.3. The zero-order valence-corrected chi connectivity index (χ0v) is 19.9. The number of carbonyl (C=O) groups excluding carboxylic acids is 1. The standard InChI is InChI=1S/C24H28Cl2N2O4/c1-24(2,3)14-28-19-9-8-15(25)12-17(19)22(16-6-4-5-7-18(16)26)32-20(23(28)31)10-11-27-13-21(29)30/h4-9,12,20,22,27H,10-11,13-14H2,1-3H3,(H,29,30). The van der Waals surface area contributed by atoms with Crippen molar-refractivity contribution in [3.63, 3.8) is 0 Å². The molecule has 6 nitrogen and oxygen atoms in total. The van der Waals surface area contributed by atoms with Crippen LogP contribution in [0.25, 0.3) is 0 Å². The topological polar surface area (TPSA) is 78.9 Å². The molecule has 2 aromatic rings. The molecule has 2 N–H and O–H groups in total. The maximum absolute atomic E-state index is 13.7. The van der Waals surface area contributed by atoms with Gasteiger partial charge in [0.15, 0.2) is 0 Å². The Hall–Kier alpha value is -2.12. The highest BCUT2D eigenvalue weighted by Gasteiger charge is 2.38. The van der Waals surface area contributed by atoms with Crippen molar-refractivity contribution in [1.29, 1.82) is 0 Å². The smallest absolute Gasteiger partial charge is 0.317 e. The van der Waals surface area contributed by atoms with E-state index in [1.807, 2.05) is 30.3 Å². The molecule has 8 heteroatoms. The van der Waals surface area contributed by atoms with Crippen LogP contribution < -0.4 is 10.2 Å². The van der Waals surface area contributed by atoms with E-state index in [-0.39, 0.29) is 17.9 Å². The highest BCUT2D eigenvalue weighted by atomic mass is 35.5. The van der Waals surface area contributed by atoms with E-state index in [0.717, 1.165) is 16.8 Å².